The van der Waals surface area contributed by atoms with Crippen LogP contribution in [0.25, 0.3) is 0 Å². The fraction of sp³-hybridized carbons (Fsp3) is 0.647. The normalized spacial score (nSPS) is 17.9. The fourth-order valence-corrected chi connectivity index (χ4v) is 6.00. The summed E-state index contributed by atoms with van der Waals surface area (Å²) in [7, 11) is -6.92. The van der Waals surface area contributed by atoms with Crippen molar-refractivity contribution in [3.05, 3.63) is 23.3 Å². The standard InChI is InChI=1S/C17H28N2O4S2/c1-13(2)7-8-18-25(22,23)17-12-14(3)16(11-15(17)4)19-9-5-6-10-24(19,20)21/h11-13,18H,5-10H2,1-4H3. The van der Waals surface area contributed by atoms with Crippen LogP contribution in [0.1, 0.15) is 44.2 Å². The van der Waals surface area contributed by atoms with E-state index in [9.17, 15) is 16.8 Å². The highest BCUT2D eigenvalue weighted by molar-refractivity contribution is 7.92. The average Bonchev–Trinajstić information content (AvgIpc) is 2.48. The number of anilines is 1. The zero-order valence-corrected chi connectivity index (χ0v) is 17.0. The van der Waals surface area contributed by atoms with Gasteiger partial charge in [-0.25, -0.2) is 21.6 Å². The minimum atomic E-state index is -3.60. The van der Waals surface area contributed by atoms with E-state index in [2.05, 4.69) is 4.72 Å². The van der Waals surface area contributed by atoms with Crippen LogP contribution < -0.4 is 9.03 Å². The molecular weight excluding hydrogens is 360 g/mol. The van der Waals surface area contributed by atoms with Gasteiger partial charge in [-0.05, 0) is 62.3 Å². The van der Waals surface area contributed by atoms with Crippen LogP contribution in [0.4, 0.5) is 5.69 Å². The lowest BCUT2D eigenvalue weighted by atomic mass is 10.1. The number of aryl methyl sites for hydroxylation is 2. The molecule has 0 bridgehead atoms. The maximum Gasteiger partial charge on any atom is 0.240 e. The van der Waals surface area contributed by atoms with E-state index in [1.54, 1.807) is 26.0 Å². The van der Waals surface area contributed by atoms with Crippen LogP contribution in [-0.2, 0) is 20.0 Å². The smallest absolute Gasteiger partial charge is 0.240 e. The second-order valence-electron chi connectivity index (χ2n) is 7.08. The summed E-state index contributed by atoms with van der Waals surface area (Å²) in [4.78, 5) is 0.215. The second kappa shape index (κ2) is 7.63. The third kappa shape index (κ3) is 4.74. The largest absolute Gasteiger partial charge is 0.270 e. The molecule has 1 aromatic rings. The molecular formula is C17H28N2O4S2. The van der Waals surface area contributed by atoms with Crippen molar-refractivity contribution in [3.63, 3.8) is 0 Å². The summed E-state index contributed by atoms with van der Waals surface area (Å²) in [6, 6.07) is 3.25. The Morgan fingerprint density at radius 1 is 1.16 bits per heavy atom. The van der Waals surface area contributed by atoms with Gasteiger partial charge in [-0.15, -0.1) is 0 Å². The van der Waals surface area contributed by atoms with Crippen LogP contribution in [0.15, 0.2) is 17.0 Å². The first-order valence-corrected chi connectivity index (χ1v) is 11.7. The van der Waals surface area contributed by atoms with Gasteiger partial charge in [-0.1, -0.05) is 13.8 Å². The van der Waals surface area contributed by atoms with Crippen molar-refractivity contribution in [2.24, 2.45) is 5.92 Å². The Balaban J connectivity index is 2.34. The van der Waals surface area contributed by atoms with E-state index < -0.39 is 20.0 Å². The number of nitrogens with one attached hydrogen (secondary N) is 1. The van der Waals surface area contributed by atoms with Gasteiger partial charge >= 0.3 is 0 Å². The molecule has 6 nitrogen and oxygen atoms in total. The molecule has 0 spiro atoms. The molecule has 25 heavy (non-hydrogen) atoms. The first-order chi connectivity index (χ1) is 11.5. The summed E-state index contributed by atoms with van der Waals surface area (Å²) >= 11 is 0. The molecule has 1 N–H and O–H groups in total. The molecule has 0 atom stereocenters. The zero-order valence-electron chi connectivity index (χ0n) is 15.4. The predicted octanol–water partition coefficient (Wildman–Crippen LogP) is 2.56. The minimum absolute atomic E-state index is 0.141. The zero-order chi connectivity index (χ0) is 18.8. The Labute approximate surface area is 151 Å². The molecule has 0 unspecified atom stereocenters. The lowest BCUT2D eigenvalue weighted by Crippen LogP contribution is -2.38. The van der Waals surface area contributed by atoms with Crippen LogP contribution in [0, 0.1) is 19.8 Å². The molecule has 1 aromatic carbocycles. The average molecular weight is 389 g/mol. The first-order valence-electron chi connectivity index (χ1n) is 8.66. The summed E-state index contributed by atoms with van der Waals surface area (Å²) in [5, 5.41) is 0. The van der Waals surface area contributed by atoms with Crippen LogP contribution in [0.2, 0.25) is 0 Å². The topological polar surface area (TPSA) is 83.6 Å². The quantitative estimate of drug-likeness (QED) is 0.812. The lowest BCUT2D eigenvalue weighted by Gasteiger charge is -2.30. The molecule has 2 rings (SSSR count). The van der Waals surface area contributed by atoms with E-state index in [1.807, 2.05) is 13.8 Å². The van der Waals surface area contributed by atoms with Gasteiger partial charge < -0.3 is 0 Å². The van der Waals surface area contributed by atoms with Crippen molar-refractivity contribution >= 4 is 25.7 Å². The van der Waals surface area contributed by atoms with E-state index in [-0.39, 0.29) is 10.6 Å². The van der Waals surface area contributed by atoms with Gasteiger partial charge in [0.15, 0.2) is 0 Å². The van der Waals surface area contributed by atoms with Crippen LogP contribution in [0.3, 0.4) is 0 Å². The van der Waals surface area contributed by atoms with Gasteiger partial charge in [0.05, 0.1) is 16.3 Å². The Morgan fingerprint density at radius 3 is 2.44 bits per heavy atom. The van der Waals surface area contributed by atoms with E-state index in [0.717, 1.165) is 12.8 Å². The van der Waals surface area contributed by atoms with Crippen molar-refractivity contribution in [2.75, 3.05) is 23.1 Å². The first kappa shape index (κ1) is 20.2. The second-order valence-corrected chi connectivity index (χ2v) is 10.8. The predicted molar refractivity (Wildman–Crippen MR) is 101 cm³/mol. The lowest BCUT2D eigenvalue weighted by molar-refractivity contribution is 0.551. The van der Waals surface area contributed by atoms with Gasteiger partial charge in [-0.3, -0.25) is 4.31 Å². The Kier molecular flexibility index (Phi) is 6.17. The third-order valence-electron chi connectivity index (χ3n) is 4.41. The monoisotopic (exact) mass is 388 g/mol. The molecule has 1 heterocycles. The van der Waals surface area contributed by atoms with Gasteiger partial charge in [0.1, 0.15) is 0 Å². The van der Waals surface area contributed by atoms with Gasteiger partial charge in [0, 0.05) is 13.1 Å². The Hall–Kier alpha value is -1.12. The summed E-state index contributed by atoms with van der Waals surface area (Å²) in [5.41, 5.74) is 1.79. The van der Waals surface area contributed by atoms with Crippen molar-refractivity contribution < 1.29 is 16.8 Å². The third-order valence-corrected chi connectivity index (χ3v) is 7.87. The number of rotatable bonds is 6. The fourth-order valence-electron chi connectivity index (χ4n) is 2.95. The number of hydrogen-bond donors (Lipinski definition) is 1. The molecule has 1 fully saturated rings. The Morgan fingerprint density at radius 2 is 1.84 bits per heavy atom. The van der Waals surface area contributed by atoms with E-state index in [0.29, 0.717) is 42.2 Å². The molecule has 0 saturated carbocycles. The van der Waals surface area contributed by atoms with Crippen molar-refractivity contribution in [1.29, 1.82) is 0 Å². The highest BCUT2D eigenvalue weighted by atomic mass is 32.2. The highest BCUT2D eigenvalue weighted by Crippen LogP contribution is 2.31. The maximum atomic E-state index is 12.6. The summed E-state index contributed by atoms with van der Waals surface area (Å²) in [5.74, 6) is 0.555. The summed E-state index contributed by atoms with van der Waals surface area (Å²) < 4.78 is 53.8. The SMILES string of the molecule is Cc1cc(S(=O)(=O)NCCC(C)C)c(C)cc1N1CCCCS1(=O)=O. The van der Waals surface area contributed by atoms with Crippen molar-refractivity contribution in [1.82, 2.24) is 4.72 Å². The molecule has 8 heteroatoms. The van der Waals surface area contributed by atoms with E-state index >= 15 is 0 Å². The van der Waals surface area contributed by atoms with Gasteiger partial charge in [0.25, 0.3) is 0 Å². The van der Waals surface area contributed by atoms with Crippen LogP contribution in [0.5, 0.6) is 0 Å². The molecule has 0 aliphatic carbocycles. The highest BCUT2D eigenvalue weighted by Gasteiger charge is 2.28. The molecule has 1 aliphatic rings. The van der Waals surface area contributed by atoms with Crippen LogP contribution in [-0.4, -0.2) is 35.7 Å². The molecule has 142 valence electrons. The number of hydrogen-bond acceptors (Lipinski definition) is 4. The van der Waals surface area contributed by atoms with Crippen molar-refractivity contribution in [3.8, 4) is 0 Å². The molecule has 1 aliphatic heterocycles. The van der Waals surface area contributed by atoms with Crippen molar-refractivity contribution in [2.45, 2.75) is 51.9 Å². The van der Waals surface area contributed by atoms with Gasteiger partial charge in [0.2, 0.25) is 20.0 Å². The number of sulfonamides is 2. The maximum absolute atomic E-state index is 12.6. The minimum Gasteiger partial charge on any atom is -0.270 e. The Bertz CT molecular complexity index is 830. The number of nitrogens with zero attached hydrogens (tertiary/aromatic N) is 1. The molecule has 0 amide bonds. The number of benzene rings is 1. The van der Waals surface area contributed by atoms with Crippen LogP contribution >= 0.6 is 0 Å². The molecule has 0 aromatic heterocycles. The molecule has 0 radical (unpaired) electrons. The van der Waals surface area contributed by atoms with E-state index in [4.69, 9.17) is 0 Å². The van der Waals surface area contributed by atoms with Gasteiger partial charge in [-0.2, -0.15) is 0 Å². The molecule has 1 saturated heterocycles. The summed E-state index contributed by atoms with van der Waals surface area (Å²) in [6.07, 6.45) is 2.25. The van der Waals surface area contributed by atoms with E-state index in [1.165, 1.54) is 4.31 Å². The summed E-state index contributed by atoms with van der Waals surface area (Å²) in [6.45, 7) is 8.37.